The number of aryl methyl sites for hydroxylation is 1. The van der Waals surface area contributed by atoms with Crippen LogP contribution in [-0.4, -0.2) is 34.7 Å². The first-order chi connectivity index (χ1) is 16.1. The van der Waals surface area contributed by atoms with Crippen molar-refractivity contribution in [2.45, 2.75) is 64.1 Å². The summed E-state index contributed by atoms with van der Waals surface area (Å²) in [6, 6.07) is 10.5. The summed E-state index contributed by atoms with van der Waals surface area (Å²) >= 11 is 0. The lowest BCUT2D eigenvalue weighted by molar-refractivity contribution is -0.122. The van der Waals surface area contributed by atoms with Gasteiger partial charge in [0.15, 0.2) is 0 Å². The fourth-order valence-corrected chi connectivity index (χ4v) is 4.21. The molecule has 34 heavy (non-hydrogen) atoms. The number of fused-ring (bicyclic) bond motifs is 1. The summed E-state index contributed by atoms with van der Waals surface area (Å²) < 4.78 is 32.6. The number of amides is 2. The molecular weight excluding hydrogens is 440 g/mol. The molecule has 0 atom stereocenters. The Morgan fingerprint density at radius 1 is 1.00 bits per heavy atom. The molecule has 8 heteroatoms. The molecule has 1 fully saturated rings. The van der Waals surface area contributed by atoms with E-state index in [1.807, 2.05) is 0 Å². The van der Waals surface area contributed by atoms with Crippen LogP contribution in [0.15, 0.2) is 42.5 Å². The quantitative estimate of drug-likeness (QED) is 0.463. The number of hydrogen-bond acceptors (Lipinski definition) is 3. The van der Waals surface area contributed by atoms with E-state index in [-0.39, 0.29) is 36.0 Å². The van der Waals surface area contributed by atoms with Gasteiger partial charge in [0.05, 0.1) is 0 Å². The van der Waals surface area contributed by atoms with Gasteiger partial charge in [-0.15, -0.1) is 0 Å². The Hall–Kier alpha value is -3.42. The van der Waals surface area contributed by atoms with Gasteiger partial charge in [-0.1, -0.05) is 0 Å². The zero-order valence-corrected chi connectivity index (χ0v) is 19.5. The maximum atomic E-state index is 13.9. The zero-order valence-electron chi connectivity index (χ0n) is 19.5. The first-order valence-corrected chi connectivity index (χ1v) is 11.4. The number of halogens is 2. The second kappa shape index (κ2) is 9.44. The van der Waals surface area contributed by atoms with E-state index in [0.29, 0.717) is 24.6 Å². The Kier molecular flexibility index (Phi) is 6.59. The number of hydrogen-bond donors (Lipinski definition) is 3. The molecule has 0 spiro atoms. The molecule has 1 heterocycles. The maximum Gasteiger partial charge on any atom is 0.407 e. The van der Waals surface area contributed by atoms with E-state index in [0.717, 1.165) is 22.3 Å². The van der Waals surface area contributed by atoms with Gasteiger partial charge in [-0.3, -0.25) is 4.79 Å². The van der Waals surface area contributed by atoms with Gasteiger partial charge in [0.2, 0.25) is 5.91 Å². The highest BCUT2D eigenvalue weighted by Crippen LogP contribution is 2.32. The van der Waals surface area contributed by atoms with Crippen LogP contribution in [0.2, 0.25) is 0 Å². The molecule has 1 saturated carbocycles. The SMILES string of the molecule is CC(C)(C)OC(=O)N[C@H]1C[C@H](NC(=O)CCc2c(-c3ccc(F)cc3)[nH]c3ccc(F)cc23)C1. The number of ether oxygens (including phenoxy) is 1. The van der Waals surface area contributed by atoms with Crippen LogP contribution in [-0.2, 0) is 16.0 Å². The molecule has 1 aliphatic rings. The van der Waals surface area contributed by atoms with Gasteiger partial charge in [0.1, 0.15) is 17.2 Å². The molecule has 0 unspecified atom stereocenters. The van der Waals surface area contributed by atoms with Crippen molar-refractivity contribution in [3.8, 4) is 11.3 Å². The van der Waals surface area contributed by atoms with E-state index in [1.54, 1.807) is 39.0 Å². The lowest BCUT2D eigenvalue weighted by Crippen LogP contribution is -2.54. The van der Waals surface area contributed by atoms with Crippen LogP contribution in [0.5, 0.6) is 0 Å². The van der Waals surface area contributed by atoms with Crippen LogP contribution in [0.3, 0.4) is 0 Å². The molecule has 0 aliphatic heterocycles. The van der Waals surface area contributed by atoms with Gasteiger partial charge >= 0.3 is 6.09 Å². The van der Waals surface area contributed by atoms with Crippen LogP contribution in [0.25, 0.3) is 22.2 Å². The summed E-state index contributed by atoms with van der Waals surface area (Å²) in [5.41, 5.74) is 2.53. The van der Waals surface area contributed by atoms with Crippen molar-refractivity contribution in [3.05, 3.63) is 59.7 Å². The van der Waals surface area contributed by atoms with Crippen molar-refractivity contribution in [1.82, 2.24) is 15.6 Å². The van der Waals surface area contributed by atoms with Crippen LogP contribution in [0, 0.1) is 11.6 Å². The molecule has 4 rings (SSSR count). The number of H-pyrrole nitrogens is 1. The number of carbonyl (C=O) groups is 2. The van der Waals surface area contributed by atoms with E-state index in [4.69, 9.17) is 4.74 Å². The molecule has 3 aromatic rings. The first kappa shape index (κ1) is 23.7. The van der Waals surface area contributed by atoms with E-state index in [2.05, 4.69) is 15.6 Å². The lowest BCUT2D eigenvalue weighted by Gasteiger charge is -2.36. The minimum absolute atomic E-state index is 0.00980. The topological polar surface area (TPSA) is 83.2 Å². The van der Waals surface area contributed by atoms with Crippen molar-refractivity contribution in [2.24, 2.45) is 0 Å². The normalized spacial score (nSPS) is 17.8. The van der Waals surface area contributed by atoms with E-state index in [1.165, 1.54) is 24.3 Å². The fraction of sp³-hybridized carbons (Fsp3) is 0.385. The van der Waals surface area contributed by atoms with Crippen LogP contribution < -0.4 is 10.6 Å². The molecule has 180 valence electrons. The maximum absolute atomic E-state index is 13.9. The van der Waals surface area contributed by atoms with Crippen LogP contribution in [0.1, 0.15) is 45.6 Å². The number of aromatic nitrogens is 1. The molecule has 0 radical (unpaired) electrons. The molecule has 0 saturated heterocycles. The van der Waals surface area contributed by atoms with Gasteiger partial charge in [0.25, 0.3) is 0 Å². The molecule has 2 amide bonds. The number of carbonyl (C=O) groups excluding carboxylic acids is 2. The Morgan fingerprint density at radius 3 is 2.32 bits per heavy atom. The second-order valence-electron chi connectivity index (χ2n) is 9.75. The first-order valence-electron chi connectivity index (χ1n) is 11.4. The highest BCUT2D eigenvalue weighted by molar-refractivity contribution is 5.91. The summed E-state index contributed by atoms with van der Waals surface area (Å²) in [4.78, 5) is 27.7. The number of nitrogens with one attached hydrogen (secondary N) is 3. The summed E-state index contributed by atoms with van der Waals surface area (Å²) in [6.07, 6.45) is 1.45. The fourth-order valence-electron chi connectivity index (χ4n) is 4.21. The van der Waals surface area contributed by atoms with E-state index < -0.39 is 11.7 Å². The Morgan fingerprint density at radius 2 is 1.65 bits per heavy atom. The molecule has 1 aliphatic carbocycles. The highest BCUT2D eigenvalue weighted by atomic mass is 19.1. The van der Waals surface area contributed by atoms with Crippen LogP contribution in [0.4, 0.5) is 13.6 Å². The molecular formula is C26H29F2N3O3. The van der Waals surface area contributed by atoms with Crippen molar-refractivity contribution in [3.63, 3.8) is 0 Å². The zero-order chi connectivity index (χ0) is 24.5. The molecule has 0 bridgehead atoms. The Balaban J connectivity index is 1.37. The third-order valence-electron chi connectivity index (χ3n) is 5.83. The van der Waals surface area contributed by atoms with Gasteiger partial charge < -0.3 is 20.4 Å². The Labute approximate surface area is 197 Å². The highest BCUT2D eigenvalue weighted by Gasteiger charge is 2.32. The van der Waals surface area contributed by atoms with Crippen molar-refractivity contribution >= 4 is 22.9 Å². The third-order valence-corrected chi connectivity index (χ3v) is 5.83. The third kappa shape index (κ3) is 5.73. The predicted molar refractivity (Wildman–Crippen MR) is 126 cm³/mol. The predicted octanol–water partition coefficient (Wildman–Crippen LogP) is 5.22. The molecule has 1 aromatic heterocycles. The minimum atomic E-state index is -0.556. The monoisotopic (exact) mass is 469 g/mol. The van der Waals surface area contributed by atoms with Crippen molar-refractivity contribution < 1.29 is 23.1 Å². The second-order valence-corrected chi connectivity index (χ2v) is 9.75. The number of rotatable bonds is 6. The lowest BCUT2D eigenvalue weighted by atomic mass is 9.86. The van der Waals surface area contributed by atoms with Crippen LogP contribution >= 0.6 is 0 Å². The largest absolute Gasteiger partial charge is 0.444 e. The average molecular weight is 470 g/mol. The van der Waals surface area contributed by atoms with Gasteiger partial charge in [-0.05, 0) is 93.6 Å². The van der Waals surface area contributed by atoms with Crippen molar-refractivity contribution in [1.29, 1.82) is 0 Å². The van der Waals surface area contributed by atoms with E-state index in [9.17, 15) is 18.4 Å². The van der Waals surface area contributed by atoms with Crippen molar-refractivity contribution in [2.75, 3.05) is 0 Å². The average Bonchev–Trinajstić information content (AvgIpc) is 3.07. The minimum Gasteiger partial charge on any atom is -0.444 e. The van der Waals surface area contributed by atoms with Gasteiger partial charge in [0, 0.05) is 35.1 Å². The summed E-state index contributed by atoms with van der Waals surface area (Å²) in [6.45, 7) is 5.42. The Bertz CT molecular complexity index is 1190. The van der Waals surface area contributed by atoms with E-state index >= 15 is 0 Å². The van der Waals surface area contributed by atoms with Gasteiger partial charge in [-0.2, -0.15) is 0 Å². The standard InChI is InChI=1S/C26H29F2N3O3/c1-26(2,3)34-25(33)30-19-13-18(14-19)29-23(32)11-9-20-21-12-17(28)8-10-22(21)31-24(20)15-4-6-16(27)7-5-15/h4-8,10,12,18-19,31H,9,11,13-14H2,1-3H3,(H,29,32)(H,30,33)/t18-,19-. The number of aromatic amines is 1. The number of alkyl carbamates (subject to hydrolysis) is 1. The molecule has 6 nitrogen and oxygen atoms in total. The molecule has 3 N–H and O–H groups in total. The summed E-state index contributed by atoms with van der Waals surface area (Å²) in [5, 5.41) is 6.50. The smallest absolute Gasteiger partial charge is 0.407 e. The molecule has 2 aromatic carbocycles. The summed E-state index contributed by atoms with van der Waals surface area (Å²) in [5.74, 6) is -0.816. The van der Waals surface area contributed by atoms with Gasteiger partial charge in [-0.25, -0.2) is 13.6 Å². The summed E-state index contributed by atoms with van der Waals surface area (Å²) in [7, 11) is 0. The number of benzene rings is 2.